The number of hydrogen-bond acceptors (Lipinski definition) is 10. The molecule has 0 aliphatic carbocycles. The number of nitro groups is 1. The lowest BCUT2D eigenvalue weighted by atomic mass is 10.1. The van der Waals surface area contributed by atoms with E-state index in [2.05, 4.69) is 29.1 Å². The van der Waals surface area contributed by atoms with Gasteiger partial charge in [0, 0.05) is 62.5 Å². The number of hydrogen-bond donors (Lipinski definition) is 0. The fraction of sp³-hybridized carbons (Fsp3) is 0.333. The maximum atomic E-state index is 13.2. The van der Waals surface area contributed by atoms with E-state index in [1.165, 1.54) is 6.07 Å². The summed E-state index contributed by atoms with van der Waals surface area (Å²) in [4.78, 5) is 42.3. The topological polar surface area (TPSA) is 139 Å². The fourth-order valence-electron chi connectivity index (χ4n) is 4.60. The Morgan fingerprint density at radius 1 is 1.06 bits per heavy atom. The highest BCUT2D eigenvalue weighted by molar-refractivity contribution is 5.97. The number of nitrogens with zero attached hydrogens (tertiary/aromatic N) is 6. The Balaban J connectivity index is 1.34. The van der Waals surface area contributed by atoms with Crippen LogP contribution in [-0.2, 0) is 0 Å². The Morgan fingerprint density at radius 2 is 1.78 bits per heavy atom. The van der Waals surface area contributed by atoms with Gasteiger partial charge in [0.2, 0.25) is 5.52 Å². The normalized spacial score (nSPS) is 13.9. The first kappa shape index (κ1) is 23.3. The first-order valence-electron chi connectivity index (χ1n) is 11.7. The Labute approximate surface area is 204 Å². The number of non-ortho nitro benzene ring substituents is 1. The molecule has 0 saturated carbocycles. The average molecular weight is 492 g/mol. The summed E-state index contributed by atoms with van der Waals surface area (Å²) < 4.78 is 10.3. The van der Waals surface area contributed by atoms with Crippen LogP contribution in [0.2, 0.25) is 0 Å². The zero-order chi connectivity index (χ0) is 25.4. The molecule has 2 aromatic carbocycles. The molecule has 0 spiro atoms. The third-order valence-corrected chi connectivity index (χ3v) is 6.56. The number of anilines is 2. The molecule has 12 nitrogen and oxygen atoms in total. The smallest absolute Gasteiger partial charge is 0.349 e. The Hall–Kier alpha value is -4.48. The number of carbonyl (C=O) groups excluding carboxylic acids is 1. The summed E-state index contributed by atoms with van der Waals surface area (Å²) >= 11 is 0. The highest BCUT2D eigenvalue weighted by atomic mass is 16.6. The van der Waals surface area contributed by atoms with Gasteiger partial charge in [-0.05, 0) is 48.4 Å². The van der Waals surface area contributed by atoms with Crippen LogP contribution in [0.3, 0.4) is 0 Å². The van der Waals surface area contributed by atoms with Crippen molar-refractivity contribution in [1.29, 1.82) is 0 Å². The van der Waals surface area contributed by atoms with Gasteiger partial charge >= 0.3 is 11.3 Å². The lowest BCUT2D eigenvalue weighted by Crippen LogP contribution is -2.49. The minimum Gasteiger partial charge on any atom is -0.422 e. The van der Waals surface area contributed by atoms with Gasteiger partial charge in [-0.15, -0.1) is 0 Å². The van der Waals surface area contributed by atoms with Crippen LogP contribution in [0.25, 0.3) is 22.0 Å². The molecule has 1 aliphatic heterocycles. The molecular weight excluding hydrogens is 468 g/mol. The SMILES string of the molecule is CCN(CC)c1ccc2cc(C(=O)N3CCN(c4ccc([N+](=O)[O-])c5nonc45)CC3)c(=O)oc2c1. The van der Waals surface area contributed by atoms with Crippen molar-refractivity contribution in [3.8, 4) is 0 Å². The number of aromatic nitrogens is 2. The summed E-state index contributed by atoms with van der Waals surface area (Å²) in [5, 5.41) is 19.4. The molecule has 3 heterocycles. The lowest BCUT2D eigenvalue weighted by molar-refractivity contribution is -0.383. The highest BCUT2D eigenvalue weighted by Crippen LogP contribution is 2.32. The zero-order valence-electron chi connectivity index (χ0n) is 19.8. The molecule has 0 N–H and O–H groups in total. The number of nitro benzene ring substituents is 1. The monoisotopic (exact) mass is 492 g/mol. The summed E-state index contributed by atoms with van der Waals surface area (Å²) in [5.74, 6) is -0.393. The maximum absolute atomic E-state index is 13.2. The van der Waals surface area contributed by atoms with Gasteiger partial charge in [0.05, 0.1) is 10.6 Å². The second-order valence-corrected chi connectivity index (χ2v) is 8.44. The van der Waals surface area contributed by atoms with Crippen molar-refractivity contribution >= 4 is 45.0 Å². The van der Waals surface area contributed by atoms with E-state index in [1.807, 2.05) is 23.1 Å². The second-order valence-electron chi connectivity index (χ2n) is 8.44. The van der Waals surface area contributed by atoms with Gasteiger partial charge < -0.3 is 19.1 Å². The van der Waals surface area contributed by atoms with Gasteiger partial charge in [0.25, 0.3) is 5.91 Å². The number of carbonyl (C=O) groups is 1. The van der Waals surface area contributed by atoms with E-state index in [-0.39, 0.29) is 16.8 Å². The van der Waals surface area contributed by atoms with Crippen LogP contribution >= 0.6 is 0 Å². The van der Waals surface area contributed by atoms with Crippen molar-refractivity contribution in [3.05, 3.63) is 62.5 Å². The minimum atomic E-state index is -0.669. The number of benzene rings is 2. The molecule has 2 aromatic heterocycles. The Kier molecular flexibility index (Phi) is 6.00. The van der Waals surface area contributed by atoms with Crippen molar-refractivity contribution < 1.29 is 18.8 Å². The number of fused-ring (bicyclic) bond motifs is 2. The minimum absolute atomic E-state index is 0.00929. The number of rotatable bonds is 6. The second kappa shape index (κ2) is 9.29. The van der Waals surface area contributed by atoms with Gasteiger partial charge in [-0.3, -0.25) is 14.9 Å². The third kappa shape index (κ3) is 4.00. The van der Waals surface area contributed by atoms with E-state index in [1.54, 1.807) is 17.0 Å². The van der Waals surface area contributed by atoms with E-state index in [4.69, 9.17) is 9.05 Å². The quantitative estimate of drug-likeness (QED) is 0.224. The van der Waals surface area contributed by atoms with Crippen LogP contribution in [0.5, 0.6) is 0 Å². The average Bonchev–Trinajstić information content (AvgIpc) is 3.38. The van der Waals surface area contributed by atoms with Gasteiger partial charge in [0.1, 0.15) is 11.1 Å². The molecule has 1 saturated heterocycles. The molecule has 0 bridgehead atoms. The molecule has 0 atom stereocenters. The molecule has 36 heavy (non-hydrogen) atoms. The van der Waals surface area contributed by atoms with Crippen molar-refractivity contribution in [3.63, 3.8) is 0 Å². The molecule has 12 heteroatoms. The van der Waals surface area contributed by atoms with Crippen molar-refractivity contribution in [1.82, 2.24) is 15.2 Å². The molecule has 0 radical (unpaired) electrons. The van der Waals surface area contributed by atoms with Gasteiger partial charge in [-0.2, -0.15) is 0 Å². The van der Waals surface area contributed by atoms with Gasteiger partial charge in [-0.1, -0.05) is 0 Å². The molecule has 1 amide bonds. The Morgan fingerprint density at radius 3 is 2.47 bits per heavy atom. The summed E-state index contributed by atoms with van der Waals surface area (Å²) in [6.45, 7) is 7.34. The Bertz CT molecular complexity index is 1520. The third-order valence-electron chi connectivity index (χ3n) is 6.56. The van der Waals surface area contributed by atoms with Crippen LogP contribution in [-0.4, -0.2) is 65.3 Å². The van der Waals surface area contributed by atoms with E-state index in [0.717, 1.165) is 18.8 Å². The van der Waals surface area contributed by atoms with E-state index in [9.17, 15) is 19.7 Å². The van der Waals surface area contributed by atoms with Crippen molar-refractivity contribution in [2.45, 2.75) is 13.8 Å². The first-order chi connectivity index (χ1) is 17.4. The molecular formula is C24H24N6O6. The number of amides is 1. The van der Waals surface area contributed by atoms with Crippen LogP contribution < -0.4 is 15.4 Å². The van der Waals surface area contributed by atoms with Gasteiger partial charge in [-0.25, -0.2) is 9.42 Å². The zero-order valence-corrected chi connectivity index (χ0v) is 19.8. The van der Waals surface area contributed by atoms with Crippen LogP contribution in [0.4, 0.5) is 17.1 Å². The summed E-state index contributed by atoms with van der Waals surface area (Å²) in [6.07, 6.45) is 0. The molecule has 5 rings (SSSR count). The highest BCUT2D eigenvalue weighted by Gasteiger charge is 2.28. The van der Waals surface area contributed by atoms with Crippen molar-refractivity contribution in [2.24, 2.45) is 0 Å². The largest absolute Gasteiger partial charge is 0.422 e. The van der Waals surface area contributed by atoms with E-state index in [0.29, 0.717) is 48.4 Å². The summed E-state index contributed by atoms with van der Waals surface area (Å²) in [6, 6.07) is 10.2. The molecule has 0 unspecified atom stereocenters. The molecule has 4 aromatic rings. The van der Waals surface area contributed by atoms with Crippen molar-refractivity contribution in [2.75, 3.05) is 49.1 Å². The first-order valence-corrected chi connectivity index (χ1v) is 11.7. The summed E-state index contributed by atoms with van der Waals surface area (Å²) in [5.41, 5.74) is 1.54. The van der Waals surface area contributed by atoms with Gasteiger partial charge in [0.15, 0.2) is 5.52 Å². The van der Waals surface area contributed by atoms with E-state index >= 15 is 0 Å². The maximum Gasteiger partial charge on any atom is 0.349 e. The summed E-state index contributed by atoms with van der Waals surface area (Å²) in [7, 11) is 0. The van der Waals surface area contributed by atoms with Crippen LogP contribution in [0, 0.1) is 10.1 Å². The molecule has 1 fully saturated rings. The van der Waals surface area contributed by atoms with E-state index < -0.39 is 16.5 Å². The fourth-order valence-corrected chi connectivity index (χ4v) is 4.60. The molecule has 186 valence electrons. The molecule has 1 aliphatic rings. The predicted molar refractivity (Wildman–Crippen MR) is 133 cm³/mol. The number of piperazine rings is 1. The predicted octanol–water partition coefficient (Wildman–Crippen LogP) is 3.05. The standard InChI is InChI=1S/C24H24N6O6/c1-3-27(4-2)16-6-5-15-13-17(24(32)35-20(15)14-16)23(31)29-11-9-28(10-12-29)18-7-8-19(30(33)34)22-21(18)25-36-26-22/h5-8,13-14H,3-4,9-12H2,1-2H3. The van der Waals surface area contributed by atoms with Crippen LogP contribution in [0.1, 0.15) is 24.2 Å². The lowest BCUT2D eigenvalue weighted by Gasteiger charge is -2.35. The van der Waals surface area contributed by atoms with Crippen LogP contribution in [0.15, 0.2) is 50.2 Å².